The minimum atomic E-state index is 0.621. The van der Waals surface area contributed by atoms with Gasteiger partial charge in [0.2, 0.25) is 0 Å². The normalized spacial score (nSPS) is 13.4. The number of hydrogen-bond donors (Lipinski definition) is 0. The molecule has 0 heterocycles. The Bertz CT molecular complexity index is 722. The Morgan fingerprint density at radius 1 is 0.759 bits per heavy atom. The van der Waals surface area contributed by atoms with Gasteiger partial charge in [-0.15, -0.1) is 0 Å². The summed E-state index contributed by atoms with van der Waals surface area (Å²) < 4.78 is 12.8. The summed E-state index contributed by atoms with van der Waals surface area (Å²) in [6.45, 7) is 12.8. The van der Waals surface area contributed by atoms with Crippen LogP contribution in [0.5, 0.6) is 11.5 Å². The zero-order valence-electron chi connectivity index (χ0n) is 19.4. The van der Waals surface area contributed by atoms with E-state index in [-0.39, 0.29) is 0 Å². The minimum absolute atomic E-state index is 0.621. The summed E-state index contributed by atoms with van der Waals surface area (Å²) >= 11 is 0. The van der Waals surface area contributed by atoms with Gasteiger partial charge < -0.3 is 9.47 Å². The predicted octanol–water partition coefficient (Wildman–Crippen LogP) is 8.34. The molecular formula is C27H42O2. The van der Waals surface area contributed by atoms with Crippen molar-refractivity contribution in [2.45, 2.75) is 86.0 Å². The van der Waals surface area contributed by atoms with Gasteiger partial charge in [-0.25, -0.2) is 0 Å². The number of hydrogen-bond acceptors (Lipinski definition) is 2. The van der Waals surface area contributed by atoms with Crippen LogP contribution in [0.2, 0.25) is 0 Å². The molecule has 2 nitrogen and oxygen atoms in total. The van der Waals surface area contributed by atoms with Gasteiger partial charge in [0, 0.05) is 0 Å². The molecule has 2 heteroatoms. The first-order valence-corrected chi connectivity index (χ1v) is 11.9. The van der Waals surface area contributed by atoms with E-state index in [4.69, 9.17) is 9.47 Å². The minimum Gasteiger partial charge on any atom is -0.493 e. The van der Waals surface area contributed by atoms with Crippen molar-refractivity contribution in [3.63, 3.8) is 0 Å². The lowest BCUT2D eigenvalue weighted by molar-refractivity contribution is 0.227. The Morgan fingerprint density at radius 3 is 1.97 bits per heavy atom. The Balaban J connectivity index is 2.22. The third-order valence-electron chi connectivity index (χ3n) is 6.18. The third kappa shape index (κ3) is 6.94. The molecule has 0 aliphatic carbocycles. The van der Waals surface area contributed by atoms with Crippen molar-refractivity contribution in [1.29, 1.82) is 0 Å². The molecule has 0 saturated carbocycles. The second kappa shape index (κ2) is 12.8. The Morgan fingerprint density at radius 2 is 1.38 bits per heavy atom. The maximum atomic E-state index is 6.46. The smallest absolute Gasteiger partial charge is 0.133 e. The van der Waals surface area contributed by atoms with E-state index in [1.807, 2.05) is 0 Å². The Kier molecular flexibility index (Phi) is 10.4. The van der Waals surface area contributed by atoms with Crippen molar-refractivity contribution in [2.75, 3.05) is 13.2 Å². The molecule has 0 radical (unpaired) electrons. The van der Waals surface area contributed by atoms with Gasteiger partial charge >= 0.3 is 0 Å². The van der Waals surface area contributed by atoms with Crippen LogP contribution in [-0.2, 0) is 0 Å². The van der Waals surface area contributed by atoms with Crippen LogP contribution in [0.3, 0.4) is 0 Å². The molecule has 0 fully saturated rings. The van der Waals surface area contributed by atoms with Crippen molar-refractivity contribution >= 4 is 10.8 Å². The van der Waals surface area contributed by atoms with E-state index in [9.17, 15) is 0 Å². The topological polar surface area (TPSA) is 18.5 Å². The largest absolute Gasteiger partial charge is 0.493 e. The number of fused-ring (bicyclic) bond motifs is 1. The average molecular weight is 399 g/mol. The van der Waals surface area contributed by atoms with Crippen molar-refractivity contribution in [1.82, 2.24) is 0 Å². The summed E-state index contributed by atoms with van der Waals surface area (Å²) in [5, 5.41) is 2.34. The summed E-state index contributed by atoms with van der Waals surface area (Å²) in [5.74, 6) is 3.22. The van der Waals surface area contributed by atoms with E-state index < -0.39 is 0 Å². The zero-order valence-corrected chi connectivity index (χ0v) is 19.4. The van der Waals surface area contributed by atoms with Crippen molar-refractivity contribution < 1.29 is 9.47 Å². The van der Waals surface area contributed by atoms with Crippen LogP contribution in [0.15, 0.2) is 30.3 Å². The molecule has 2 atom stereocenters. The molecular weight excluding hydrogens is 356 g/mol. The van der Waals surface area contributed by atoms with Crippen molar-refractivity contribution in [2.24, 2.45) is 11.8 Å². The molecule has 29 heavy (non-hydrogen) atoms. The lowest BCUT2D eigenvalue weighted by Crippen LogP contribution is -2.13. The number of aryl methyl sites for hydroxylation is 1. The van der Waals surface area contributed by atoms with Gasteiger partial charge in [0.15, 0.2) is 0 Å². The van der Waals surface area contributed by atoms with Gasteiger partial charge in [-0.1, -0.05) is 90.5 Å². The summed E-state index contributed by atoms with van der Waals surface area (Å²) in [7, 11) is 0. The maximum absolute atomic E-state index is 6.46. The highest BCUT2D eigenvalue weighted by Gasteiger charge is 2.15. The van der Waals surface area contributed by atoms with Crippen LogP contribution in [0.1, 0.15) is 84.6 Å². The maximum Gasteiger partial charge on any atom is 0.133 e. The molecule has 0 amide bonds. The SMILES string of the molecule is CCCCC(CC)COc1cccc2ccc(C)c(OCC(CC)CCCC)c12. The first-order valence-electron chi connectivity index (χ1n) is 11.9. The van der Waals surface area contributed by atoms with E-state index in [0.717, 1.165) is 30.1 Å². The van der Waals surface area contributed by atoms with Gasteiger partial charge in [-0.05, 0) is 48.6 Å². The fourth-order valence-corrected chi connectivity index (χ4v) is 3.93. The van der Waals surface area contributed by atoms with Crippen LogP contribution in [0.25, 0.3) is 10.8 Å². The van der Waals surface area contributed by atoms with Gasteiger partial charge in [0.1, 0.15) is 11.5 Å². The Labute approximate surface area is 179 Å². The molecule has 2 aromatic carbocycles. The first-order chi connectivity index (χ1) is 14.1. The highest BCUT2D eigenvalue weighted by molar-refractivity contribution is 5.94. The number of unbranched alkanes of at least 4 members (excludes halogenated alkanes) is 2. The van der Waals surface area contributed by atoms with Crippen LogP contribution >= 0.6 is 0 Å². The Hall–Kier alpha value is -1.70. The summed E-state index contributed by atoms with van der Waals surface area (Å²) in [5.41, 5.74) is 1.19. The lowest BCUT2D eigenvalue weighted by Gasteiger charge is -2.21. The van der Waals surface area contributed by atoms with Gasteiger partial charge in [0.25, 0.3) is 0 Å². The highest BCUT2D eigenvalue weighted by atomic mass is 16.5. The van der Waals surface area contributed by atoms with Crippen LogP contribution < -0.4 is 9.47 Å². The number of benzene rings is 2. The summed E-state index contributed by atoms with van der Waals surface area (Å²) in [6.07, 6.45) is 9.88. The number of ether oxygens (including phenoxy) is 2. The second-order valence-electron chi connectivity index (χ2n) is 8.52. The predicted molar refractivity (Wildman–Crippen MR) is 126 cm³/mol. The van der Waals surface area contributed by atoms with Crippen LogP contribution in [0.4, 0.5) is 0 Å². The van der Waals surface area contributed by atoms with E-state index in [1.165, 1.54) is 62.3 Å². The monoisotopic (exact) mass is 398 g/mol. The quantitative estimate of drug-likeness (QED) is 0.318. The molecule has 2 rings (SSSR count). The molecule has 0 N–H and O–H groups in total. The molecule has 0 saturated heterocycles. The zero-order chi connectivity index (χ0) is 21.1. The van der Waals surface area contributed by atoms with Gasteiger partial charge in [-0.2, -0.15) is 0 Å². The summed E-state index contributed by atoms with van der Waals surface area (Å²) in [4.78, 5) is 0. The van der Waals surface area contributed by atoms with E-state index in [2.05, 4.69) is 65.0 Å². The molecule has 2 unspecified atom stereocenters. The molecule has 162 valence electrons. The third-order valence-corrected chi connectivity index (χ3v) is 6.18. The molecule has 0 aromatic heterocycles. The average Bonchev–Trinajstić information content (AvgIpc) is 2.75. The van der Waals surface area contributed by atoms with E-state index in [1.54, 1.807) is 0 Å². The fourth-order valence-electron chi connectivity index (χ4n) is 3.93. The van der Waals surface area contributed by atoms with Gasteiger partial charge in [-0.3, -0.25) is 0 Å². The lowest BCUT2D eigenvalue weighted by atomic mass is 10.00. The standard InChI is InChI=1S/C27H42O2/c1-6-10-13-22(8-3)19-28-25-16-12-15-24-18-17-21(5)27(26(24)25)29-20-23(9-4)14-11-7-2/h12,15-18,22-23H,6-11,13-14,19-20H2,1-5H3. The second-order valence-corrected chi connectivity index (χ2v) is 8.52. The van der Waals surface area contributed by atoms with Crippen LogP contribution in [0, 0.1) is 18.8 Å². The molecule has 0 aliphatic rings. The van der Waals surface area contributed by atoms with Crippen molar-refractivity contribution in [3.05, 3.63) is 35.9 Å². The number of rotatable bonds is 14. The highest BCUT2D eigenvalue weighted by Crippen LogP contribution is 2.37. The molecule has 0 spiro atoms. The van der Waals surface area contributed by atoms with E-state index >= 15 is 0 Å². The first kappa shape index (κ1) is 23.6. The van der Waals surface area contributed by atoms with Gasteiger partial charge in [0.05, 0.1) is 18.6 Å². The molecule has 0 aliphatic heterocycles. The van der Waals surface area contributed by atoms with Crippen LogP contribution in [-0.4, -0.2) is 13.2 Å². The van der Waals surface area contributed by atoms with E-state index in [0.29, 0.717) is 11.8 Å². The molecule has 0 bridgehead atoms. The fraction of sp³-hybridized carbons (Fsp3) is 0.630. The van der Waals surface area contributed by atoms with Crippen molar-refractivity contribution in [3.8, 4) is 11.5 Å². The molecule has 2 aromatic rings. The summed E-state index contributed by atoms with van der Waals surface area (Å²) in [6, 6.07) is 10.7.